The lowest BCUT2D eigenvalue weighted by atomic mass is 10.1. The molecule has 154 valence electrons. The van der Waals surface area contributed by atoms with E-state index in [1.165, 1.54) is 12.1 Å². The first-order valence-electron chi connectivity index (χ1n) is 9.36. The first kappa shape index (κ1) is 17.4. The number of fused-ring (bicyclic) bond motifs is 10. The molecule has 0 aliphatic rings. The zero-order valence-electron chi connectivity index (χ0n) is 15.6. The molecular formula is C22H6F4N4O2. The van der Waals surface area contributed by atoms with E-state index < -0.39 is 34.4 Å². The molecule has 0 radical (unpaired) electrons. The molecule has 0 saturated heterocycles. The Balaban J connectivity index is 1.68. The second kappa shape index (κ2) is 5.28. The fourth-order valence-electron chi connectivity index (χ4n) is 4.48. The van der Waals surface area contributed by atoms with Crippen LogP contribution in [0.3, 0.4) is 0 Å². The van der Waals surface area contributed by atoms with Gasteiger partial charge < -0.3 is 0 Å². The molecule has 0 N–H and O–H groups in total. The molecule has 0 aliphatic heterocycles. The van der Waals surface area contributed by atoms with Gasteiger partial charge in [0.1, 0.15) is 11.3 Å². The molecule has 0 amide bonds. The van der Waals surface area contributed by atoms with Crippen molar-refractivity contribution in [2.75, 3.05) is 0 Å². The molecule has 4 heterocycles. The summed E-state index contributed by atoms with van der Waals surface area (Å²) in [6.07, 6.45) is 0. The van der Waals surface area contributed by atoms with Crippen LogP contribution in [-0.4, -0.2) is 18.8 Å². The summed E-state index contributed by atoms with van der Waals surface area (Å²) < 4.78 is 57.1. The molecule has 7 aromatic rings. The van der Waals surface area contributed by atoms with Crippen LogP contribution in [0.15, 0.2) is 46.0 Å². The van der Waals surface area contributed by atoms with Crippen LogP contribution in [0.5, 0.6) is 0 Å². The second-order valence-electron chi connectivity index (χ2n) is 7.61. The predicted molar refractivity (Wildman–Crippen MR) is 109 cm³/mol. The fourth-order valence-corrected chi connectivity index (χ4v) is 4.48. The van der Waals surface area contributed by atoms with E-state index in [1.807, 2.05) is 0 Å². The highest BCUT2D eigenvalue weighted by atomic mass is 19.2. The maximum Gasteiger partial charge on any atom is 0.264 e. The van der Waals surface area contributed by atoms with Crippen molar-refractivity contribution < 1.29 is 17.6 Å². The number of hydrogen-bond acceptors (Lipinski definition) is 4. The van der Waals surface area contributed by atoms with Crippen LogP contribution in [0.2, 0.25) is 0 Å². The normalized spacial score (nSPS) is 12.6. The van der Waals surface area contributed by atoms with Crippen molar-refractivity contribution >= 4 is 54.9 Å². The molecule has 0 spiro atoms. The van der Waals surface area contributed by atoms with Gasteiger partial charge in [-0.3, -0.25) is 18.4 Å². The van der Waals surface area contributed by atoms with Crippen LogP contribution < -0.4 is 11.1 Å². The van der Waals surface area contributed by atoms with Gasteiger partial charge in [-0.05, 0) is 12.1 Å². The number of halogens is 4. The SMILES string of the molecule is O=c1c2cc3c(cc2c2nc4cc(F)c(F)cc4n12)c(=O)n1c2cc(F)c(F)cc2nc31. The molecule has 7 rings (SSSR count). The zero-order chi connectivity index (χ0) is 22.0. The fraction of sp³-hybridized carbons (Fsp3) is 0. The van der Waals surface area contributed by atoms with Crippen LogP contribution >= 0.6 is 0 Å². The summed E-state index contributed by atoms with van der Waals surface area (Å²) in [5.41, 5.74) is -0.334. The van der Waals surface area contributed by atoms with Crippen LogP contribution in [0.1, 0.15) is 0 Å². The minimum Gasteiger partial charge on any atom is -0.268 e. The van der Waals surface area contributed by atoms with E-state index in [9.17, 15) is 27.2 Å². The zero-order valence-corrected chi connectivity index (χ0v) is 15.6. The van der Waals surface area contributed by atoms with Crippen molar-refractivity contribution in [3.63, 3.8) is 0 Å². The number of hydrogen-bond donors (Lipinski definition) is 0. The Hall–Kier alpha value is -4.34. The highest BCUT2D eigenvalue weighted by molar-refractivity contribution is 6.11. The lowest BCUT2D eigenvalue weighted by molar-refractivity contribution is 0.510. The quantitative estimate of drug-likeness (QED) is 0.341. The van der Waals surface area contributed by atoms with E-state index in [1.54, 1.807) is 0 Å². The Kier molecular flexibility index (Phi) is 2.86. The van der Waals surface area contributed by atoms with Gasteiger partial charge in [-0.25, -0.2) is 27.5 Å². The Bertz CT molecular complexity index is 1930. The summed E-state index contributed by atoms with van der Waals surface area (Å²) >= 11 is 0. The standard InChI is InChI=1S/C22H6F4N4O2/c23-11-3-15-17(5-13(11)25)29-19(27-15)7-1-9-8(2-10(7)22(29)32)20-28-16-4-12(24)14(26)6-18(16)30(20)21(9)31/h1-6H. The second-order valence-corrected chi connectivity index (χ2v) is 7.61. The van der Waals surface area contributed by atoms with E-state index in [2.05, 4.69) is 9.97 Å². The number of benzene rings is 3. The van der Waals surface area contributed by atoms with Gasteiger partial charge in [0.05, 0.1) is 32.8 Å². The maximum absolute atomic E-state index is 13.8. The van der Waals surface area contributed by atoms with E-state index in [-0.39, 0.29) is 44.1 Å². The largest absolute Gasteiger partial charge is 0.268 e. The van der Waals surface area contributed by atoms with E-state index in [0.29, 0.717) is 10.8 Å². The lowest BCUT2D eigenvalue weighted by Gasteiger charge is -1.93. The Labute approximate surface area is 172 Å². The minimum absolute atomic E-state index is 0.0983. The number of imidazole rings is 2. The molecule has 32 heavy (non-hydrogen) atoms. The maximum atomic E-state index is 13.8. The van der Waals surface area contributed by atoms with Crippen molar-refractivity contribution in [2.45, 2.75) is 0 Å². The number of rotatable bonds is 0. The van der Waals surface area contributed by atoms with Gasteiger partial charge in [-0.2, -0.15) is 0 Å². The highest BCUT2D eigenvalue weighted by Gasteiger charge is 2.22. The average molecular weight is 434 g/mol. The molecule has 0 unspecified atom stereocenters. The topological polar surface area (TPSA) is 68.7 Å². The summed E-state index contributed by atoms with van der Waals surface area (Å²) in [6, 6.07) is 6.51. The van der Waals surface area contributed by atoms with Crippen LogP contribution in [0, 0.1) is 23.3 Å². The number of nitrogens with zero attached hydrogens (tertiary/aromatic N) is 4. The summed E-state index contributed by atoms with van der Waals surface area (Å²) in [5, 5.41) is 1.05. The van der Waals surface area contributed by atoms with Gasteiger partial charge in [-0.15, -0.1) is 0 Å². The Morgan fingerprint density at radius 2 is 0.906 bits per heavy atom. The minimum atomic E-state index is -1.12. The van der Waals surface area contributed by atoms with Gasteiger partial charge in [0.2, 0.25) is 0 Å². The van der Waals surface area contributed by atoms with Gasteiger partial charge in [0, 0.05) is 35.0 Å². The molecule has 4 aromatic heterocycles. The van der Waals surface area contributed by atoms with Crippen LogP contribution in [0.4, 0.5) is 17.6 Å². The number of aromatic nitrogens is 4. The van der Waals surface area contributed by atoms with Gasteiger partial charge in [0.15, 0.2) is 23.3 Å². The third-order valence-corrected chi connectivity index (χ3v) is 5.90. The van der Waals surface area contributed by atoms with E-state index >= 15 is 0 Å². The van der Waals surface area contributed by atoms with Crippen LogP contribution in [0.25, 0.3) is 54.9 Å². The van der Waals surface area contributed by atoms with Gasteiger partial charge in [0.25, 0.3) is 11.1 Å². The molecule has 0 aliphatic carbocycles. The van der Waals surface area contributed by atoms with Gasteiger partial charge >= 0.3 is 0 Å². The third-order valence-electron chi connectivity index (χ3n) is 5.90. The molecule has 0 fully saturated rings. The highest BCUT2D eigenvalue weighted by Crippen LogP contribution is 2.31. The van der Waals surface area contributed by atoms with Crippen molar-refractivity contribution in [3.8, 4) is 0 Å². The first-order valence-corrected chi connectivity index (χ1v) is 9.36. The molecule has 10 heteroatoms. The van der Waals surface area contributed by atoms with E-state index in [4.69, 9.17) is 0 Å². The third kappa shape index (κ3) is 1.86. The summed E-state index contributed by atoms with van der Waals surface area (Å²) in [5.74, 6) is -4.41. The van der Waals surface area contributed by atoms with Gasteiger partial charge in [-0.1, -0.05) is 0 Å². The van der Waals surface area contributed by atoms with Crippen molar-refractivity contribution in [3.05, 3.63) is 80.4 Å². The van der Waals surface area contributed by atoms with Crippen molar-refractivity contribution in [2.24, 2.45) is 0 Å². The van der Waals surface area contributed by atoms with E-state index in [0.717, 1.165) is 33.1 Å². The summed E-state index contributed by atoms with van der Waals surface area (Å²) in [7, 11) is 0. The molecule has 0 atom stereocenters. The Morgan fingerprint density at radius 3 is 1.31 bits per heavy atom. The average Bonchev–Trinajstić information content (AvgIpc) is 3.44. The first-order chi connectivity index (χ1) is 15.3. The molecule has 0 bridgehead atoms. The van der Waals surface area contributed by atoms with Crippen molar-refractivity contribution in [1.82, 2.24) is 18.8 Å². The smallest absolute Gasteiger partial charge is 0.264 e. The predicted octanol–water partition coefficient (Wildman–Crippen LogP) is 3.75. The summed E-state index contributed by atoms with van der Waals surface area (Å²) in [6.45, 7) is 0. The Morgan fingerprint density at radius 1 is 0.531 bits per heavy atom. The van der Waals surface area contributed by atoms with Crippen LogP contribution in [-0.2, 0) is 0 Å². The molecule has 3 aromatic carbocycles. The molecular weight excluding hydrogens is 428 g/mol. The lowest BCUT2D eigenvalue weighted by Crippen LogP contribution is -2.06. The monoisotopic (exact) mass is 434 g/mol. The molecule has 0 saturated carbocycles. The molecule has 6 nitrogen and oxygen atoms in total. The summed E-state index contributed by atoms with van der Waals surface area (Å²) in [4.78, 5) is 34.7. The van der Waals surface area contributed by atoms with Crippen molar-refractivity contribution in [1.29, 1.82) is 0 Å².